The largest absolute Gasteiger partial charge is 0.493 e. The zero-order valence-electron chi connectivity index (χ0n) is 9.78. The van der Waals surface area contributed by atoms with Crippen molar-refractivity contribution in [2.75, 3.05) is 7.11 Å². The van der Waals surface area contributed by atoms with E-state index < -0.39 is 5.82 Å². The first-order valence-corrected chi connectivity index (χ1v) is 5.48. The Kier molecular flexibility index (Phi) is 3.62. The molecule has 0 amide bonds. The molecule has 1 heterocycles. The Hall–Kier alpha value is -1.88. The van der Waals surface area contributed by atoms with Crippen molar-refractivity contribution in [1.29, 1.82) is 0 Å². The van der Waals surface area contributed by atoms with Crippen LogP contribution < -0.4 is 9.47 Å². The van der Waals surface area contributed by atoms with Crippen molar-refractivity contribution in [2.45, 2.75) is 6.92 Å². The highest BCUT2D eigenvalue weighted by atomic mass is 35.5. The quantitative estimate of drug-likeness (QED) is 0.801. The van der Waals surface area contributed by atoms with Gasteiger partial charge >= 0.3 is 0 Å². The van der Waals surface area contributed by atoms with Crippen LogP contribution in [0, 0.1) is 12.7 Å². The molecule has 4 nitrogen and oxygen atoms in total. The second kappa shape index (κ2) is 5.18. The molecule has 94 valence electrons. The molecule has 18 heavy (non-hydrogen) atoms. The van der Waals surface area contributed by atoms with E-state index in [1.54, 1.807) is 12.1 Å². The predicted octanol–water partition coefficient (Wildman–Crippen LogP) is 3.38. The van der Waals surface area contributed by atoms with Crippen LogP contribution in [0.15, 0.2) is 24.4 Å². The fourth-order valence-corrected chi connectivity index (χ4v) is 1.49. The van der Waals surface area contributed by atoms with Crippen molar-refractivity contribution in [1.82, 2.24) is 9.97 Å². The first-order chi connectivity index (χ1) is 8.60. The molecule has 2 rings (SSSR count). The number of hydrogen-bond donors (Lipinski definition) is 0. The van der Waals surface area contributed by atoms with Crippen LogP contribution in [0.5, 0.6) is 17.4 Å². The minimum Gasteiger partial charge on any atom is -0.493 e. The van der Waals surface area contributed by atoms with Gasteiger partial charge in [-0.05, 0) is 36.2 Å². The van der Waals surface area contributed by atoms with Gasteiger partial charge in [-0.1, -0.05) is 6.07 Å². The number of aryl methyl sites for hydroxylation is 1. The number of halogens is 2. The highest BCUT2D eigenvalue weighted by Gasteiger charge is 2.12. The molecule has 0 bridgehead atoms. The van der Waals surface area contributed by atoms with E-state index in [9.17, 15) is 4.39 Å². The van der Waals surface area contributed by atoms with Gasteiger partial charge in [0.05, 0.1) is 13.3 Å². The second-order valence-electron chi connectivity index (χ2n) is 3.55. The molecule has 0 saturated heterocycles. The molecule has 0 N–H and O–H groups in total. The Morgan fingerprint density at radius 3 is 2.78 bits per heavy atom. The zero-order valence-corrected chi connectivity index (χ0v) is 10.5. The Morgan fingerprint density at radius 2 is 2.06 bits per heavy atom. The maximum atomic E-state index is 13.4. The fourth-order valence-electron chi connectivity index (χ4n) is 1.37. The minimum atomic E-state index is -0.693. The summed E-state index contributed by atoms with van der Waals surface area (Å²) >= 11 is 5.58. The van der Waals surface area contributed by atoms with Crippen molar-refractivity contribution >= 4 is 11.6 Å². The Labute approximate surface area is 108 Å². The summed E-state index contributed by atoms with van der Waals surface area (Å²) in [5.41, 5.74) is 1.00. The van der Waals surface area contributed by atoms with Crippen LogP contribution in [0.25, 0.3) is 0 Å². The van der Waals surface area contributed by atoms with Crippen LogP contribution in [0.1, 0.15) is 5.56 Å². The average Bonchev–Trinajstić information content (AvgIpc) is 2.36. The number of nitrogens with zero attached hydrogens (tertiary/aromatic N) is 2. The SMILES string of the molecule is COc1cc(C)ccc1Oc1nc(Cl)ncc1F. The first-order valence-electron chi connectivity index (χ1n) is 5.10. The van der Waals surface area contributed by atoms with Gasteiger partial charge < -0.3 is 9.47 Å². The van der Waals surface area contributed by atoms with Gasteiger partial charge in [-0.3, -0.25) is 0 Å². The van der Waals surface area contributed by atoms with E-state index in [2.05, 4.69) is 9.97 Å². The Bertz CT molecular complexity index is 578. The van der Waals surface area contributed by atoms with E-state index in [0.717, 1.165) is 11.8 Å². The molecule has 2 aromatic rings. The minimum absolute atomic E-state index is 0.0857. The van der Waals surface area contributed by atoms with E-state index >= 15 is 0 Å². The van der Waals surface area contributed by atoms with Gasteiger partial charge in [-0.2, -0.15) is 9.37 Å². The van der Waals surface area contributed by atoms with Crippen molar-refractivity contribution in [3.8, 4) is 17.4 Å². The lowest BCUT2D eigenvalue weighted by Gasteiger charge is -2.10. The van der Waals surface area contributed by atoms with Crippen molar-refractivity contribution in [2.24, 2.45) is 0 Å². The molecule has 0 aliphatic heterocycles. The number of aromatic nitrogens is 2. The topological polar surface area (TPSA) is 44.2 Å². The molecule has 0 atom stereocenters. The second-order valence-corrected chi connectivity index (χ2v) is 3.89. The summed E-state index contributed by atoms with van der Waals surface area (Å²) in [4.78, 5) is 7.17. The zero-order chi connectivity index (χ0) is 13.1. The van der Waals surface area contributed by atoms with Gasteiger partial charge in [0.25, 0.3) is 5.88 Å². The van der Waals surface area contributed by atoms with Crippen LogP contribution in [0.2, 0.25) is 5.28 Å². The van der Waals surface area contributed by atoms with Gasteiger partial charge in [0.1, 0.15) is 0 Å². The normalized spacial score (nSPS) is 10.2. The van der Waals surface area contributed by atoms with E-state index in [0.29, 0.717) is 11.5 Å². The van der Waals surface area contributed by atoms with Crippen LogP contribution in [-0.4, -0.2) is 17.1 Å². The standard InChI is InChI=1S/C12H10ClFN2O2/c1-7-3-4-9(10(5-7)17-2)18-11-8(14)6-15-12(13)16-11/h3-6H,1-2H3. The summed E-state index contributed by atoms with van der Waals surface area (Å²) < 4.78 is 23.9. The third kappa shape index (κ3) is 2.68. The number of methoxy groups -OCH3 is 1. The molecule has 0 fully saturated rings. The highest BCUT2D eigenvalue weighted by Crippen LogP contribution is 2.32. The third-order valence-electron chi connectivity index (χ3n) is 2.21. The average molecular weight is 269 g/mol. The number of benzene rings is 1. The summed E-state index contributed by atoms with van der Waals surface area (Å²) in [7, 11) is 1.50. The molecule has 0 spiro atoms. The monoisotopic (exact) mass is 268 g/mol. The third-order valence-corrected chi connectivity index (χ3v) is 2.39. The summed E-state index contributed by atoms with van der Waals surface area (Å²) in [6.07, 6.45) is 0.950. The molecule has 0 saturated carbocycles. The van der Waals surface area contributed by atoms with Crippen LogP contribution in [0.4, 0.5) is 4.39 Å². The molecule has 0 radical (unpaired) electrons. The number of ether oxygens (including phenoxy) is 2. The number of hydrogen-bond acceptors (Lipinski definition) is 4. The van der Waals surface area contributed by atoms with Crippen LogP contribution in [-0.2, 0) is 0 Å². The maximum Gasteiger partial charge on any atom is 0.260 e. The predicted molar refractivity (Wildman–Crippen MR) is 64.8 cm³/mol. The fraction of sp³-hybridized carbons (Fsp3) is 0.167. The van der Waals surface area contributed by atoms with Crippen LogP contribution in [0.3, 0.4) is 0 Å². The molecule has 1 aromatic carbocycles. The van der Waals surface area contributed by atoms with Gasteiger partial charge in [-0.15, -0.1) is 0 Å². The summed E-state index contributed by atoms with van der Waals surface area (Å²) in [5, 5.41) is -0.0857. The molecule has 0 aliphatic carbocycles. The highest BCUT2D eigenvalue weighted by molar-refractivity contribution is 6.28. The van der Waals surface area contributed by atoms with Crippen molar-refractivity contribution in [3.05, 3.63) is 41.1 Å². The summed E-state index contributed by atoms with van der Waals surface area (Å²) in [5.74, 6) is -0.0833. The Morgan fingerprint density at radius 1 is 1.28 bits per heavy atom. The van der Waals surface area contributed by atoms with Crippen LogP contribution >= 0.6 is 11.6 Å². The van der Waals surface area contributed by atoms with Crippen molar-refractivity contribution < 1.29 is 13.9 Å². The van der Waals surface area contributed by atoms with Gasteiger partial charge in [0.15, 0.2) is 11.5 Å². The lowest BCUT2D eigenvalue weighted by atomic mass is 10.2. The lowest BCUT2D eigenvalue weighted by molar-refractivity contribution is 0.362. The Balaban J connectivity index is 2.36. The van der Waals surface area contributed by atoms with Crippen molar-refractivity contribution in [3.63, 3.8) is 0 Å². The van der Waals surface area contributed by atoms with Gasteiger partial charge in [-0.25, -0.2) is 4.98 Å². The molecular formula is C12H10ClFN2O2. The molecule has 6 heteroatoms. The first kappa shape index (κ1) is 12.6. The molecule has 1 aromatic heterocycles. The van der Waals surface area contributed by atoms with Gasteiger partial charge in [0.2, 0.25) is 11.1 Å². The van der Waals surface area contributed by atoms with E-state index in [-0.39, 0.29) is 11.2 Å². The van der Waals surface area contributed by atoms with E-state index in [1.807, 2.05) is 13.0 Å². The smallest absolute Gasteiger partial charge is 0.260 e. The summed E-state index contributed by atoms with van der Waals surface area (Å²) in [6.45, 7) is 1.91. The molecule has 0 unspecified atom stereocenters. The molecular weight excluding hydrogens is 259 g/mol. The van der Waals surface area contributed by atoms with E-state index in [1.165, 1.54) is 7.11 Å². The van der Waals surface area contributed by atoms with E-state index in [4.69, 9.17) is 21.1 Å². The van der Waals surface area contributed by atoms with Gasteiger partial charge in [0, 0.05) is 0 Å². The maximum absolute atomic E-state index is 13.4. The summed E-state index contributed by atoms with van der Waals surface area (Å²) in [6, 6.07) is 5.26. The molecule has 0 aliphatic rings. The number of rotatable bonds is 3. The lowest BCUT2D eigenvalue weighted by Crippen LogP contribution is -1.96.